The van der Waals surface area contributed by atoms with Crippen LogP contribution in [0.3, 0.4) is 0 Å². The van der Waals surface area contributed by atoms with E-state index in [2.05, 4.69) is 17.3 Å². The second kappa shape index (κ2) is 4.96. The van der Waals surface area contributed by atoms with Gasteiger partial charge in [0.1, 0.15) is 5.75 Å². The number of methoxy groups -OCH3 is 1. The first-order valence-electron chi connectivity index (χ1n) is 6.53. The van der Waals surface area contributed by atoms with E-state index < -0.39 is 5.97 Å². The molecule has 0 aliphatic heterocycles. The number of rotatable bonds is 2. The molecule has 0 N–H and O–H groups in total. The van der Waals surface area contributed by atoms with Crippen LogP contribution in [0.5, 0.6) is 5.75 Å². The van der Waals surface area contributed by atoms with Gasteiger partial charge in [-0.15, -0.1) is 0 Å². The van der Waals surface area contributed by atoms with Crippen LogP contribution in [0.15, 0.2) is 35.5 Å². The monoisotopic (exact) mass is 269 g/mol. The van der Waals surface area contributed by atoms with E-state index in [1.807, 2.05) is 18.2 Å². The third-order valence-electron chi connectivity index (χ3n) is 3.52. The Hall–Kier alpha value is -2.36. The van der Waals surface area contributed by atoms with Gasteiger partial charge in [-0.3, -0.25) is 0 Å². The fourth-order valence-corrected chi connectivity index (χ4v) is 2.62. The fraction of sp³-hybridized carbons (Fsp3) is 0.250. The number of hydrogen-bond acceptors (Lipinski definition) is 4. The van der Waals surface area contributed by atoms with Crippen LogP contribution in [0.4, 0.5) is 0 Å². The maximum atomic E-state index is 10.9. The molecule has 0 bridgehead atoms. The van der Waals surface area contributed by atoms with Crippen molar-refractivity contribution < 1.29 is 14.4 Å². The summed E-state index contributed by atoms with van der Waals surface area (Å²) in [6.45, 7) is 1.36. The van der Waals surface area contributed by atoms with Crippen molar-refractivity contribution in [3.05, 3.63) is 41.5 Å². The van der Waals surface area contributed by atoms with Crippen molar-refractivity contribution in [2.75, 3.05) is 7.11 Å². The second-order valence-corrected chi connectivity index (χ2v) is 4.81. The normalized spacial score (nSPS) is 15.4. The molecular weight excluding hydrogens is 254 g/mol. The van der Waals surface area contributed by atoms with E-state index in [-0.39, 0.29) is 0 Å². The maximum absolute atomic E-state index is 10.9. The molecule has 0 saturated heterocycles. The number of oxime groups is 1. The molecule has 102 valence electrons. The number of hydrogen-bond donors (Lipinski definition) is 0. The Morgan fingerprint density at radius 1 is 1.20 bits per heavy atom. The van der Waals surface area contributed by atoms with Crippen molar-refractivity contribution in [1.29, 1.82) is 0 Å². The Kier molecular flexibility index (Phi) is 3.14. The summed E-state index contributed by atoms with van der Waals surface area (Å²) in [5, 5.41) is 6.21. The van der Waals surface area contributed by atoms with Crippen LogP contribution in [-0.4, -0.2) is 18.8 Å². The minimum atomic E-state index is -0.396. The first-order valence-corrected chi connectivity index (χ1v) is 6.53. The Bertz CT molecular complexity index is 719. The third-order valence-corrected chi connectivity index (χ3v) is 3.52. The lowest BCUT2D eigenvalue weighted by molar-refractivity contribution is -0.140. The Morgan fingerprint density at radius 3 is 2.80 bits per heavy atom. The highest BCUT2D eigenvalue weighted by molar-refractivity contribution is 6.14. The molecule has 0 aromatic heterocycles. The molecule has 2 aromatic carbocycles. The average Bonchev–Trinajstić information content (AvgIpc) is 2.87. The summed E-state index contributed by atoms with van der Waals surface area (Å²) in [7, 11) is 1.65. The van der Waals surface area contributed by atoms with Crippen molar-refractivity contribution in [2.24, 2.45) is 5.16 Å². The van der Waals surface area contributed by atoms with Gasteiger partial charge in [-0.2, -0.15) is 0 Å². The number of benzene rings is 2. The summed E-state index contributed by atoms with van der Waals surface area (Å²) in [6, 6.07) is 10.2. The topological polar surface area (TPSA) is 47.9 Å². The molecule has 0 radical (unpaired) electrons. The summed E-state index contributed by atoms with van der Waals surface area (Å²) in [4.78, 5) is 15.7. The number of carbonyl (C=O) groups is 1. The number of ether oxygens (including phenoxy) is 1. The van der Waals surface area contributed by atoms with E-state index in [1.165, 1.54) is 12.5 Å². The molecule has 2 aromatic rings. The van der Waals surface area contributed by atoms with E-state index >= 15 is 0 Å². The third kappa shape index (κ3) is 2.13. The van der Waals surface area contributed by atoms with Gasteiger partial charge in [0.05, 0.1) is 12.8 Å². The van der Waals surface area contributed by atoms with E-state index in [4.69, 9.17) is 9.57 Å². The molecule has 0 amide bonds. The highest BCUT2D eigenvalue weighted by Crippen LogP contribution is 2.32. The molecule has 0 fully saturated rings. The van der Waals surface area contributed by atoms with E-state index in [1.54, 1.807) is 7.11 Å². The van der Waals surface area contributed by atoms with Gasteiger partial charge in [-0.25, -0.2) is 4.79 Å². The van der Waals surface area contributed by atoms with E-state index in [9.17, 15) is 4.79 Å². The quantitative estimate of drug-likeness (QED) is 0.622. The second-order valence-electron chi connectivity index (χ2n) is 4.81. The predicted octanol–water partition coefficient (Wildman–Crippen LogP) is 3.06. The Balaban J connectivity index is 2.14. The molecule has 0 spiro atoms. The molecule has 20 heavy (non-hydrogen) atoms. The van der Waals surface area contributed by atoms with Gasteiger partial charge in [0.2, 0.25) is 0 Å². The van der Waals surface area contributed by atoms with Gasteiger partial charge in [-0.05, 0) is 41.3 Å². The molecule has 1 aliphatic carbocycles. The summed E-state index contributed by atoms with van der Waals surface area (Å²) < 4.78 is 5.25. The molecule has 0 atom stereocenters. The van der Waals surface area contributed by atoms with E-state index in [0.29, 0.717) is 0 Å². The number of fused-ring (bicyclic) bond motifs is 3. The summed E-state index contributed by atoms with van der Waals surface area (Å²) in [6.07, 6.45) is 1.73. The standard InChI is InChI=1S/C16H15NO3/c1-10(18)20-17-15-8-5-11-3-4-12-9-13(19-2)6-7-14(12)16(11)15/h3-4,6-7,9H,5,8H2,1-2H3/b17-15+. The Morgan fingerprint density at radius 2 is 2.05 bits per heavy atom. The summed E-state index contributed by atoms with van der Waals surface area (Å²) in [5.41, 5.74) is 3.17. The largest absolute Gasteiger partial charge is 0.497 e. The van der Waals surface area contributed by atoms with Crippen LogP contribution in [0, 0.1) is 0 Å². The zero-order chi connectivity index (χ0) is 14.1. The Labute approximate surface area is 117 Å². The first-order chi connectivity index (χ1) is 9.69. The predicted molar refractivity (Wildman–Crippen MR) is 77.1 cm³/mol. The summed E-state index contributed by atoms with van der Waals surface area (Å²) >= 11 is 0. The first kappa shape index (κ1) is 12.7. The van der Waals surface area contributed by atoms with Gasteiger partial charge in [0.25, 0.3) is 0 Å². The molecule has 3 rings (SSSR count). The lowest BCUT2D eigenvalue weighted by Gasteiger charge is -2.08. The smallest absolute Gasteiger partial charge is 0.331 e. The van der Waals surface area contributed by atoms with Gasteiger partial charge in [0, 0.05) is 12.5 Å². The molecule has 4 heteroatoms. The highest BCUT2D eigenvalue weighted by atomic mass is 16.7. The number of aryl methyl sites for hydroxylation is 1. The lowest BCUT2D eigenvalue weighted by atomic mass is 10.00. The van der Waals surface area contributed by atoms with Crippen molar-refractivity contribution >= 4 is 22.5 Å². The van der Waals surface area contributed by atoms with Gasteiger partial charge in [-0.1, -0.05) is 23.4 Å². The van der Waals surface area contributed by atoms with Crippen molar-refractivity contribution in [2.45, 2.75) is 19.8 Å². The molecule has 0 saturated carbocycles. The van der Waals surface area contributed by atoms with Crippen LogP contribution in [-0.2, 0) is 16.1 Å². The van der Waals surface area contributed by atoms with Crippen LogP contribution in [0.1, 0.15) is 24.5 Å². The van der Waals surface area contributed by atoms with Gasteiger partial charge in [0.15, 0.2) is 0 Å². The highest BCUT2D eigenvalue weighted by Gasteiger charge is 2.21. The van der Waals surface area contributed by atoms with Crippen LogP contribution < -0.4 is 4.74 Å². The fourth-order valence-electron chi connectivity index (χ4n) is 2.62. The minimum Gasteiger partial charge on any atom is -0.497 e. The van der Waals surface area contributed by atoms with Crippen LogP contribution >= 0.6 is 0 Å². The van der Waals surface area contributed by atoms with E-state index in [0.717, 1.165) is 40.6 Å². The van der Waals surface area contributed by atoms with Gasteiger partial charge < -0.3 is 9.57 Å². The van der Waals surface area contributed by atoms with Crippen molar-refractivity contribution in [3.8, 4) is 5.75 Å². The minimum absolute atomic E-state index is 0.396. The zero-order valence-corrected chi connectivity index (χ0v) is 11.5. The van der Waals surface area contributed by atoms with Crippen LogP contribution in [0.25, 0.3) is 10.8 Å². The average molecular weight is 269 g/mol. The van der Waals surface area contributed by atoms with Gasteiger partial charge >= 0.3 is 5.97 Å². The maximum Gasteiger partial charge on any atom is 0.331 e. The molecule has 0 unspecified atom stereocenters. The number of carbonyl (C=O) groups excluding carboxylic acids is 1. The number of nitrogens with zero attached hydrogens (tertiary/aromatic N) is 1. The zero-order valence-electron chi connectivity index (χ0n) is 11.5. The molecule has 0 heterocycles. The molecular formula is C16H15NO3. The van der Waals surface area contributed by atoms with Crippen LogP contribution in [0.2, 0.25) is 0 Å². The lowest BCUT2D eigenvalue weighted by Crippen LogP contribution is -2.00. The summed E-state index contributed by atoms with van der Waals surface area (Å²) in [5.74, 6) is 0.432. The van der Waals surface area contributed by atoms with Crippen molar-refractivity contribution in [3.63, 3.8) is 0 Å². The van der Waals surface area contributed by atoms with Crippen molar-refractivity contribution in [1.82, 2.24) is 0 Å². The molecule has 1 aliphatic rings. The molecule has 4 nitrogen and oxygen atoms in total. The SMILES string of the molecule is COc1ccc2c3c(ccc2c1)CC/C3=N\OC(C)=O.